The van der Waals surface area contributed by atoms with Crippen LogP contribution in [0.2, 0.25) is 0 Å². The first-order chi connectivity index (χ1) is 13.4. The molecule has 1 aromatic carbocycles. The molecule has 1 aliphatic carbocycles. The summed E-state index contributed by atoms with van der Waals surface area (Å²) < 4.78 is 27.1. The van der Waals surface area contributed by atoms with E-state index in [-0.39, 0.29) is 24.6 Å². The number of halogens is 2. The molecule has 1 saturated carbocycles. The minimum absolute atomic E-state index is 0.0629. The van der Waals surface area contributed by atoms with E-state index in [1.807, 2.05) is 30.3 Å². The molecule has 2 atom stereocenters. The third-order valence-corrected chi connectivity index (χ3v) is 5.78. The van der Waals surface area contributed by atoms with Gasteiger partial charge in [0.25, 0.3) is 11.8 Å². The van der Waals surface area contributed by atoms with E-state index in [1.165, 1.54) is 4.90 Å². The van der Waals surface area contributed by atoms with Crippen LogP contribution in [0.5, 0.6) is 0 Å². The molecule has 2 heterocycles. The van der Waals surface area contributed by atoms with Crippen LogP contribution in [-0.2, 0) is 4.79 Å². The SMILES string of the molecule is CCC(NC(=O)c1cc(-c2ccccc2)n[nH]1)C(=O)N1CCC2(C1)CC2(F)F. The number of carbonyl (C=O) groups is 2. The molecule has 148 valence electrons. The average Bonchev–Trinajstić information content (AvgIpc) is 3.12. The zero-order chi connectivity index (χ0) is 19.9. The zero-order valence-electron chi connectivity index (χ0n) is 15.5. The van der Waals surface area contributed by atoms with Gasteiger partial charge in [-0.05, 0) is 18.9 Å². The van der Waals surface area contributed by atoms with E-state index < -0.39 is 23.3 Å². The van der Waals surface area contributed by atoms with E-state index >= 15 is 0 Å². The number of alkyl halides is 2. The maximum absolute atomic E-state index is 13.6. The third-order valence-electron chi connectivity index (χ3n) is 5.78. The topological polar surface area (TPSA) is 78.1 Å². The number of carbonyl (C=O) groups excluding carboxylic acids is 2. The predicted octanol–water partition coefficient (Wildman–Crippen LogP) is 2.84. The maximum Gasteiger partial charge on any atom is 0.269 e. The first-order valence-electron chi connectivity index (χ1n) is 9.43. The molecule has 0 radical (unpaired) electrons. The van der Waals surface area contributed by atoms with Gasteiger partial charge >= 0.3 is 0 Å². The number of likely N-dealkylation sites (tertiary alicyclic amines) is 1. The van der Waals surface area contributed by atoms with Gasteiger partial charge in [0.2, 0.25) is 5.91 Å². The minimum atomic E-state index is -2.67. The van der Waals surface area contributed by atoms with Gasteiger partial charge in [-0.15, -0.1) is 0 Å². The van der Waals surface area contributed by atoms with E-state index in [2.05, 4.69) is 15.5 Å². The summed E-state index contributed by atoms with van der Waals surface area (Å²) in [6.45, 7) is 2.15. The van der Waals surface area contributed by atoms with Crippen LogP contribution in [-0.4, -0.2) is 52.0 Å². The van der Waals surface area contributed by atoms with Crippen LogP contribution in [0.4, 0.5) is 8.78 Å². The maximum atomic E-state index is 13.6. The Morgan fingerprint density at radius 3 is 2.64 bits per heavy atom. The van der Waals surface area contributed by atoms with Crippen molar-refractivity contribution in [3.8, 4) is 11.3 Å². The smallest absolute Gasteiger partial charge is 0.269 e. The van der Waals surface area contributed by atoms with Gasteiger partial charge in [0.05, 0.1) is 11.1 Å². The van der Waals surface area contributed by atoms with E-state index in [4.69, 9.17) is 0 Å². The Labute approximate surface area is 161 Å². The summed E-state index contributed by atoms with van der Waals surface area (Å²) in [7, 11) is 0. The van der Waals surface area contributed by atoms with Gasteiger partial charge in [0.15, 0.2) is 0 Å². The molecule has 1 saturated heterocycles. The molecule has 1 aromatic heterocycles. The Hall–Kier alpha value is -2.77. The second kappa shape index (κ2) is 6.68. The fourth-order valence-corrected chi connectivity index (χ4v) is 3.87. The highest BCUT2D eigenvalue weighted by molar-refractivity contribution is 5.96. The van der Waals surface area contributed by atoms with Gasteiger partial charge in [0, 0.05) is 25.1 Å². The number of aromatic nitrogens is 2. The summed E-state index contributed by atoms with van der Waals surface area (Å²) in [5.41, 5.74) is 0.701. The average molecular weight is 388 g/mol. The fraction of sp³-hybridized carbons (Fsp3) is 0.450. The van der Waals surface area contributed by atoms with Crippen molar-refractivity contribution in [2.75, 3.05) is 13.1 Å². The number of H-pyrrole nitrogens is 1. The Morgan fingerprint density at radius 2 is 2.04 bits per heavy atom. The quantitative estimate of drug-likeness (QED) is 0.827. The van der Waals surface area contributed by atoms with Crippen molar-refractivity contribution in [1.82, 2.24) is 20.4 Å². The van der Waals surface area contributed by atoms with E-state index in [0.717, 1.165) is 5.56 Å². The normalized spacial score (nSPS) is 23.6. The van der Waals surface area contributed by atoms with Crippen molar-refractivity contribution >= 4 is 11.8 Å². The monoisotopic (exact) mass is 388 g/mol. The molecule has 2 unspecified atom stereocenters. The van der Waals surface area contributed by atoms with Gasteiger partial charge in [-0.1, -0.05) is 37.3 Å². The number of hydrogen-bond acceptors (Lipinski definition) is 3. The molecule has 2 aliphatic rings. The number of benzene rings is 1. The Balaban J connectivity index is 1.40. The number of nitrogens with zero attached hydrogens (tertiary/aromatic N) is 2. The first-order valence-corrected chi connectivity index (χ1v) is 9.43. The van der Waals surface area contributed by atoms with Gasteiger partial charge in [-0.2, -0.15) is 5.10 Å². The largest absolute Gasteiger partial charge is 0.340 e. The van der Waals surface area contributed by atoms with Crippen molar-refractivity contribution in [1.29, 1.82) is 0 Å². The molecule has 4 rings (SSSR count). The van der Waals surface area contributed by atoms with Crippen molar-refractivity contribution in [2.24, 2.45) is 5.41 Å². The lowest BCUT2D eigenvalue weighted by Gasteiger charge is -2.23. The highest BCUT2D eigenvalue weighted by Gasteiger charge is 2.73. The number of aromatic amines is 1. The summed E-state index contributed by atoms with van der Waals surface area (Å²) in [6.07, 6.45) is 0.546. The van der Waals surface area contributed by atoms with Crippen LogP contribution >= 0.6 is 0 Å². The first kappa shape index (κ1) is 18.6. The van der Waals surface area contributed by atoms with Gasteiger partial charge in [-0.3, -0.25) is 14.7 Å². The van der Waals surface area contributed by atoms with Gasteiger partial charge in [0.1, 0.15) is 11.7 Å². The fourth-order valence-electron chi connectivity index (χ4n) is 3.87. The summed E-state index contributed by atoms with van der Waals surface area (Å²) in [6, 6.07) is 10.3. The van der Waals surface area contributed by atoms with Crippen LogP contribution in [0, 0.1) is 5.41 Å². The summed E-state index contributed by atoms with van der Waals surface area (Å²) in [5.74, 6) is -3.42. The highest BCUT2D eigenvalue weighted by Crippen LogP contribution is 2.65. The molecule has 1 spiro atoms. The van der Waals surface area contributed by atoms with Crippen LogP contribution < -0.4 is 5.32 Å². The van der Waals surface area contributed by atoms with Crippen molar-refractivity contribution in [3.63, 3.8) is 0 Å². The molecule has 2 N–H and O–H groups in total. The van der Waals surface area contributed by atoms with Crippen molar-refractivity contribution in [2.45, 2.75) is 38.2 Å². The molecule has 28 heavy (non-hydrogen) atoms. The lowest BCUT2D eigenvalue weighted by atomic mass is 10.1. The zero-order valence-corrected chi connectivity index (χ0v) is 15.5. The van der Waals surface area contributed by atoms with E-state index in [1.54, 1.807) is 13.0 Å². The third kappa shape index (κ3) is 3.16. The second-order valence-electron chi connectivity index (χ2n) is 7.64. The minimum Gasteiger partial charge on any atom is -0.340 e. The predicted molar refractivity (Wildman–Crippen MR) is 98.8 cm³/mol. The Bertz CT molecular complexity index is 899. The van der Waals surface area contributed by atoms with Crippen LogP contribution in [0.15, 0.2) is 36.4 Å². The lowest BCUT2D eigenvalue weighted by molar-refractivity contribution is -0.132. The van der Waals surface area contributed by atoms with E-state index in [9.17, 15) is 18.4 Å². The Kier molecular flexibility index (Phi) is 4.44. The second-order valence-corrected chi connectivity index (χ2v) is 7.64. The molecule has 6 nitrogen and oxygen atoms in total. The summed E-state index contributed by atoms with van der Waals surface area (Å²) >= 11 is 0. The van der Waals surface area contributed by atoms with Crippen molar-refractivity contribution < 1.29 is 18.4 Å². The Morgan fingerprint density at radius 1 is 1.32 bits per heavy atom. The number of rotatable bonds is 5. The molecule has 8 heteroatoms. The standard InChI is InChI=1S/C20H22F2N4O2/c1-2-14(18(28)26-9-8-19(12-26)11-20(19,21)22)23-17(27)16-10-15(24-25-16)13-6-4-3-5-7-13/h3-7,10,14H,2,8-9,11-12H2,1H3,(H,23,27)(H,24,25). The van der Waals surface area contributed by atoms with Crippen molar-refractivity contribution in [3.05, 3.63) is 42.1 Å². The van der Waals surface area contributed by atoms with E-state index in [0.29, 0.717) is 25.1 Å². The summed E-state index contributed by atoms with van der Waals surface area (Å²) in [5, 5.41) is 9.54. The molecule has 2 amide bonds. The number of nitrogens with one attached hydrogen (secondary N) is 2. The van der Waals surface area contributed by atoms with Crippen LogP contribution in [0.3, 0.4) is 0 Å². The number of hydrogen-bond donors (Lipinski definition) is 2. The molecule has 1 aliphatic heterocycles. The number of amides is 2. The summed E-state index contributed by atoms with van der Waals surface area (Å²) in [4.78, 5) is 26.7. The lowest BCUT2D eigenvalue weighted by Crippen LogP contribution is -2.47. The molecular formula is C20H22F2N4O2. The van der Waals surface area contributed by atoms with Crippen LogP contribution in [0.1, 0.15) is 36.7 Å². The van der Waals surface area contributed by atoms with Crippen LogP contribution in [0.25, 0.3) is 11.3 Å². The highest BCUT2D eigenvalue weighted by atomic mass is 19.3. The molecular weight excluding hydrogens is 366 g/mol. The molecule has 2 aromatic rings. The molecule has 2 fully saturated rings. The van der Waals surface area contributed by atoms with Gasteiger partial charge in [-0.25, -0.2) is 8.78 Å². The molecule has 0 bridgehead atoms. The van der Waals surface area contributed by atoms with Gasteiger partial charge < -0.3 is 10.2 Å².